The topological polar surface area (TPSA) is 72.2 Å². The van der Waals surface area contributed by atoms with Crippen LogP contribution in [0.5, 0.6) is 0 Å². The van der Waals surface area contributed by atoms with E-state index in [1.165, 1.54) is 49.5 Å². The van der Waals surface area contributed by atoms with E-state index in [1.54, 1.807) is 6.07 Å². The number of hydrogen-bond donors (Lipinski definition) is 1. The minimum atomic E-state index is -0.486. The van der Waals surface area contributed by atoms with Crippen LogP contribution in [0.1, 0.15) is 42.5 Å². The van der Waals surface area contributed by atoms with Crippen LogP contribution in [0, 0.1) is 10.1 Å². The van der Waals surface area contributed by atoms with Gasteiger partial charge in [0, 0.05) is 17.7 Å². The van der Waals surface area contributed by atoms with Gasteiger partial charge >= 0.3 is 0 Å². The van der Waals surface area contributed by atoms with Crippen molar-refractivity contribution in [2.75, 3.05) is 13.1 Å². The van der Waals surface area contributed by atoms with E-state index in [1.807, 2.05) is 0 Å². The second-order valence-electron chi connectivity index (χ2n) is 5.27. The molecule has 0 saturated carbocycles. The molecule has 0 radical (unpaired) electrons. The van der Waals surface area contributed by atoms with Crippen LogP contribution in [-0.2, 0) is 0 Å². The van der Waals surface area contributed by atoms with E-state index in [-0.39, 0.29) is 18.0 Å². The summed E-state index contributed by atoms with van der Waals surface area (Å²) in [5.74, 6) is -0.115. The highest BCUT2D eigenvalue weighted by atomic mass is 16.6. The van der Waals surface area contributed by atoms with Crippen molar-refractivity contribution >= 4 is 11.5 Å². The van der Waals surface area contributed by atoms with Crippen molar-refractivity contribution in [1.29, 1.82) is 0 Å². The van der Waals surface area contributed by atoms with Gasteiger partial charge in [-0.2, -0.15) is 0 Å². The summed E-state index contributed by atoms with van der Waals surface area (Å²) in [5, 5.41) is 13.8. The lowest BCUT2D eigenvalue weighted by molar-refractivity contribution is -0.384. The number of ketones is 1. The monoisotopic (exact) mass is 288 g/mol. The van der Waals surface area contributed by atoms with Crippen LogP contribution in [0.3, 0.4) is 0 Å². The number of nitro benzene ring substituents is 1. The predicted molar refractivity (Wildman–Crippen MR) is 81.5 cm³/mol. The molecule has 1 aromatic carbocycles. The number of carbonyl (C=O) groups is 1. The van der Waals surface area contributed by atoms with Crippen molar-refractivity contribution in [1.82, 2.24) is 5.32 Å². The number of hydrogen-bond acceptors (Lipinski definition) is 4. The zero-order valence-electron chi connectivity index (χ0n) is 12.0. The highest BCUT2D eigenvalue weighted by Crippen LogP contribution is 2.19. The summed E-state index contributed by atoms with van der Waals surface area (Å²) < 4.78 is 0. The molecule has 5 nitrogen and oxygen atoms in total. The van der Waals surface area contributed by atoms with Gasteiger partial charge in [0.2, 0.25) is 0 Å². The van der Waals surface area contributed by atoms with Crippen molar-refractivity contribution < 1.29 is 9.72 Å². The second kappa shape index (κ2) is 7.69. The molecule has 2 rings (SSSR count). The lowest BCUT2D eigenvalue weighted by Gasteiger charge is -2.12. The number of Topliss-reactive ketones (excluding diaryl/α,β-unsaturated/α-hetero) is 1. The third-order valence-electron chi connectivity index (χ3n) is 3.67. The first-order valence-corrected chi connectivity index (χ1v) is 7.33. The van der Waals surface area contributed by atoms with Gasteiger partial charge in [-0.3, -0.25) is 14.9 Å². The van der Waals surface area contributed by atoms with Crippen LogP contribution >= 0.6 is 0 Å². The first-order valence-electron chi connectivity index (χ1n) is 7.33. The second-order valence-corrected chi connectivity index (χ2v) is 5.27. The van der Waals surface area contributed by atoms with Gasteiger partial charge in [0.15, 0.2) is 5.78 Å². The lowest BCUT2D eigenvalue weighted by atomic mass is 9.97. The standard InChI is InChI=1S/C16H20N2O3/c19-16(14-7-4-8-15(11-14)18(20)21)12-17-10-9-13-5-2-1-3-6-13/h4-5,7-8,11,17H,1-3,6,9-10,12H2. The summed E-state index contributed by atoms with van der Waals surface area (Å²) in [5.41, 5.74) is 1.80. The molecule has 0 heterocycles. The molecular formula is C16H20N2O3. The fourth-order valence-electron chi connectivity index (χ4n) is 2.48. The molecule has 1 aliphatic carbocycles. The number of nitrogens with zero attached hydrogens (tertiary/aromatic N) is 1. The molecule has 0 atom stereocenters. The van der Waals surface area contributed by atoms with Gasteiger partial charge in [0.05, 0.1) is 11.5 Å². The first kappa shape index (κ1) is 15.4. The number of benzene rings is 1. The zero-order chi connectivity index (χ0) is 15.1. The smallest absolute Gasteiger partial charge is 0.270 e. The quantitative estimate of drug-likeness (QED) is 0.275. The van der Waals surface area contributed by atoms with Crippen molar-refractivity contribution in [3.8, 4) is 0 Å². The molecule has 0 bridgehead atoms. The molecule has 0 amide bonds. The number of non-ortho nitro benzene ring substituents is 1. The molecule has 21 heavy (non-hydrogen) atoms. The number of carbonyl (C=O) groups excluding carboxylic acids is 1. The summed E-state index contributed by atoms with van der Waals surface area (Å²) in [7, 11) is 0. The average molecular weight is 288 g/mol. The lowest BCUT2D eigenvalue weighted by Crippen LogP contribution is -2.24. The number of rotatable bonds is 7. The van der Waals surface area contributed by atoms with Crippen molar-refractivity contribution in [3.63, 3.8) is 0 Å². The maximum Gasteiger partial charge on any atom is 0.270 e. The Morgan fingerprint density at radius 1 is 1.33 bits per heavy atom. The molecule has 0 spiro atoms. The number of allylic oxidation sites excluding steroid dienone is 1. The molecular weight excluding hydrogens is 268 g/mol. The molecule has 5 heteroatoms. The summed E-state index contributed by atoms with van der Waals surface area (Å²) in [4.78, 5) is 22.2. The maximum absolute atomic E-state index is 12.0. The Balaban J connectivity index is 1.77. The highest BCUT2D eigenvalue weighted by Gasteiger charge is 2.11. The van der Waals surface area contributed by atoms with Crippen LogP contribution in [0.25, 0.3) is 0 Å². The van der Waals surface area contributed by atoms with E-state index >= 15 is 0 Å². The molecule has 0 aliphatic heterocycles. The first-order chi connectivity index (χ1) is 10.2. The Morgan fingerprint density at radius 2 is 2.19 bits per heavy atom. The fraction of sp³-hybridized carbons (Fsp3) is 0.438. The Kier molecular flexibility index (Phi) is 5.63. The fourth-order valence-corrected chi connectivity index (χ4v) is 2.48. The van der Waals surface area contributed by atoms with Gasteiger partial charge < -0.3 is 5.32 Å². The van der Waals surface area contributed by atoms with Crippen LogP contribution in [0.4, 0.5) is 5.69 Å². The van der Waals surface area contributed by atoms with Gasteiger partial charge in [-0.25, -0.2) is 0 Å². The summed E-state index contributed by atoms with van der Waals surface area (Å²) in [6.07, 6.45) is 8.15. The van der Waals surface area contributed by atoms with Gasteiger partial charge in [0.25, 0.3) is 5.69 Å². The average Bonchev–Trinajstić information content (AvgIpc) is 2.52. The summed E-state index contributed by atoms with van der Waals surface area (Å²) in [6.45, 7) is 0.987. The van der Waals surface area contributed by atoms with Crippen LogP contribution in [0.2, 0.25) is 0 Å². The minimum Gasteiger partial charge on any atom is -0.309 e. The zero-order valence-corrected chi connectivity index (χ0v) is 12.0. The Bertz CT molecular complexity index is 552. The third-order valence-corrected chi connectivity index (χ3v) is 3.67. The van der Waals surface area contributed by atoms with E-state index in [9.17, 15) is 14.9 Å². The van der Waals surface area contributed by atoms with E-state index in [0.29, 0.717) is 5.56 Å². The van der Waals surface area contributed by atoms with E-state index in [0.717, 1.165) is 13.0 Å². The van der Waals surface area contributed by atoms with Crippen LogP contribution in [-0.4, -0.2) is 23.8 Å². The minimum absolute atomic E-state index is 0.0480. The normalized spacial score (nSPS) is 14.6. The SMILES string of the molecule is O=C(CNCCC1=CCCCC1)c1cccc([N+](=O)[O-])c1. The Labute approximate surface area is 124 Å². The number of nitro groups is 1. The van der Waals surface area contributed by atoms with Gasteiger partial charge in [-0.1, -0.05) is 23.8 Å². The molecule has 0 fully saturated rings. The van der Waals surface area contributed by atoms with Crippen molar-refractivity contribution in [3.05, 3.63) is 51.6 Å². The summed E-state index contributed by atoms with van der Waals surface area (Å²) >= 11 is 0. The molecule has 1 N–H and O–H groups in total. The van der Waals surface area contributed by atoms with E-state index in [4.69, 9.17) is 0 Å². The highest BCUT2D eigenvalue weighted by molar-refractivity contribution is 5.98. The van der Waals surface area contributed by atoms with Crippen LogP contribution in [0.15, 0.2) is 35.9 Å². The molecule has 0 aromatic heterocycles. The molecule has 112 valence electrons. The molecule has 1 aliphatic rings. The molecule has 0 unspecified atom stereocenters. The van der Waals surface area contributed by atoms with Gasteiger partial charge in [-0.05, 0) is 38.6 Å². The largest absolute Gasteiger partial charge is 0.309 e. The van der Waals surface area contributed by atoms with E-state index < -0.39 is 4.92 Å². The number of nitrogens with one attached hydrogen (secondary N) is 1. The van der Waals surface area contributed by atoms with Gasteiger partial charge in [-0.15, -0.1) is 0 Å². The predicted octanol–water partition coefficient (Wildman–Crippen LogP) is 3.26. The molecule has 0 saturated heterocycles. The summed E-state index contributed by atoms with van der Waals surface area (Å²) in [6, 6.07) is 5.87. The van der Waals surface area contributed by atoms with Gasteiger partial charge in [0.1, 0.15) is 0 Å². The van der Waals surface area contributed by atoms with Crippen molar-refractivity contribution in [2.24, 2.45) is 0 Å². The molecule has 1 aromatic rings. The Morgan fingerprint density at radius 3 is 2.90 bits per heavy atom. The van der Waals surface area contributed by atoms with Crippen LogP contribution < -0.4 is 5.32 Å². The Hall–Kier alpha value is -2.01. The van der Waals surface area contributed by atoms with E-state index in [2.05, 4.69) is 11.4 Å². The van der Waals surface area contributed by atoms with Crippen molar-refractivity contribution in [2.45, 2.75) is 32.1 Å². The maximum atomic E-state index is 12.0. The third kappa shape index (κ3) is 4.79.